The van der Waals surface area contributed by atoms with Crippen molar-refractivity contribution in [2.75, 3.05) is 19.6 Å². The number of hydrogen-bond donors (Lipinski definition) is 1. The normalized spacial score (nSPS) is 12.8. The Kier molecular flexibility index (Phi) is 11.7. The first-order chi connectivity index (χ1) is 25.4. The molecule has 1 aliphatic heterocycles. The highest BCUT2D eigenvalue weighted by molar-refractivity contribution is 9.10. The molecule has 3 amide bonds. The molecule has 5 aromatic rings. The summed E-state index contributed by atoms with van der Waals surface area (Å²) in [5.41, 5.74) is 3.01. The largest absolute Gasteiger partial charge is 0.337 e. The van der Waals surface area contributed by atoms with Gasteiger partial charge in [-0.15, -0.1) is 0 Å². The van der Waals surface area contributed by atoms with Gasteiger partial charge in [0, 0.05) is 36.2 Å². The maximum absolute atomic E-state index is 14.5. The van der Waals surface area contributed by atoms with Gasteiger partial charge in [0.25, 0.3) is 27.7 Å². The van der Waals surface area contributed by atoms with Crippen LogP contribution in [0.5, 0.6) is 0 Å². The molecule has 10 nitrogen and oxygen atoms in total. The van der Waals surface area contributed by atoms with Gasteiger partial charge in [-0.1, -0.05) is 90.6 Å². The van der Waals surface area contributed by atoms with Crippen molar-refractivity contribution >= 4 is 66.0 Å². The summed E-state index contributed by atoms with van der Waals surface area (Å²) in [6.07, 6.45) is 4.14. The van der Waals surface area contributed by atoms with Crippen LogP contribution in [-0.4, -0.2) is 65.4 Å². The third-order valence-electron chi connectivity index (χ3n) is 9.54. The molecule has 0 spiro atoms. The first-order valence-electron chi connectivity index (χ1n) is 17.7. The monoisotopic (exact) mass is 817 g/mol. The molecule has 1 N–H and O–H groups in total. The Labute approximate surface area is 323 Å². The van der Waals surface area contributed by atoms with E-state index in [4.69, 9.17) is 11.6 Å². The number of amides is 3. The molecule has 276 valence electrons. The summed E-state index contributed by atoms with van der Waals surface area (Å²) >= 11 is 10.3. The second-order valence-electron chi connectivity index (χ2n) is 13.2. The average Bonchev–Trinajstić information content (AvgIpc) is 3.46. The lowest BCUT2D eigenvalue weighted by atomic mass is 9.98. The Hall–Kier alpha value is -4.52. The highest BCUT2D eigenvalue weighted by Gasteiger charge is 2.30. The molecule has 0 fully saturated rings. The average molecular weight is 819 g/mol. The number of unbranched alkanes of at least 4 members (excludes halogenated alkanes) is 2. The van der Waals surface area contributed by atoms with Gasteiger partial charge in [-0.05, 0) is 90.6 Å². The smallest absolute Gasteiger partial charge is 0.275 e. The maximum Gasteiger partial charge on any atom is 0.275 e. The van der Waals surface area contributed by atoms with E-state index in [2.05, 4.69) is 39.6 Å². The van der Waals surface area contributed by atoms with Crippen LogP contribution in [0.4, 0.5) is 0 Å². The van der Waals surface area contributed by atoms with E-state index in [1.165, 1.54) is 35.0 Å². The molecule has 0 unspecified atom stereocenters. The minimum absolute atomic E-state index is 0.0425. The third kappa shape index (κ3) is 8.19. The Morgan fingerprint density at radius 1 is 0.906 bits per heavy atom. The predicted octanol–water partition coefficient (Wildman–Crippen LogP) is 8.11. The van der Waals surface area contributed by atoms with Gasteiger partial charge in [-0.25, -0.2) is 17.8 Å². The quantitative estimate of drug-likeness (QED) is 0.136. The van der Waals surface area contributed by atoms with Crippen molar-refractivity contribution in [3.63, 3.8) is 0 Å². The van der Waals surface area contributed by atoms with Crippen LogP contribution >= 0.6 is 27.5 Å². The number of carbonyl (C=O) groups excluding carboxylic acids is 3. The van der Waals surface area contributed by atoms with E-state index >= 15 is 0 Å². The standard InChI is InChI=1S/C40H41BrClN5O5S/c1-4-6-19-45(20-7-5-2)40(50)37-36(42)26(3)47(43-37)35-17-14-30(24-34(35)39(49)46-21-18-28-12-15-32(41)22-31(28)25-46)38(48)44-53(51,52)33-16-13-27-10-8-9-11-29(27)23-33/h8-17,22-24H,4-7,18-21,25H2,1-3H3,(H,44,48). The molecule has 1 aliphatic rings. The Morgan fingerprint density at radius 2 is 1.62 bits per heavy atom. The van der Waals surface area contributed by atoms with Crippen molar-refractivity contribution in [3.05, 3.63) is 122 Å². The molecule has 6 rings (SSSR count). The summed E-state index contributed by atoms with van der Waals surface area (Å²) in [6.45, 7) is 7.73. The number of benzene rings is 4. The zero-order valence-corrected chi connectivity index (χ0v) is 33.0. The summed E-state index contributed by atoms with van der Waals surface area (Å²) < 4.78 is 31.4. The molecule has 0 atom stereocenters. The molecule has 0 saturated carbocycles. The van der Waals surface area contributed by atoms with Crippen molar-refractivity contribution in [1.82, 2.24) is 24.3 Å². The van der Waals surface area contributed by atoms with Gasteiger partial charge >= 0.3 is 0 Å². The highest BCUT2D eigenvalue weighted by atomic mass is 79.9. The van der Waals surface area contributed by atoms with Gasteiger partial charge in [0.15, 0.2) is 5.69 Å². The zero-order chi connectivity index (χ0) is 37.9. The van der Waals surface area contributed by atoms with Crippen molar-refractivity contribution in [3.8, 4) is 5.69 Å². The van der Waals surface area contributed by atoms with Crippen LogP contribution in [0, 0.1) is 6.92 Å². The molecule has 53 heavy (non-hydrogen) atoms. The minimum atomic E-state index is -4.27. The summed E-state index contributed by atoms with van der Waals surface area (Å²) in [4.78, 5) is 45.3. The number of halogens is 2. The lowest BCUT2D eigenvalue weighted by Gasteiger charge is -2.30. The van der Waals surface area contributed by atoms with Crippen molar-refractivity contribution in [2.45, 2.75) is 64.3 Å². The predicted molar refractivity (Wildman–Crippen MR) is 210 cm³/mol. The number of carbonyl (C=O) groups is 3. The van der Waals surface area contributed by atoms with Crippen molar-refractivity contribution in [1.29, 1.82) is 0 Å². The van der Waals surface area contributed by atoms with Crippen molar-refractivity contribution in [2.24, 2.45) is 0 Å². The molecule has 4 aromatic carbocycles. The number of aromatic nitrogens is 2. The van der Waals surface area contributed by atoms with Crippen LogP contribution in [0.3, 0.4) is 0 Å². The lowest BCUT2D eigenvalue weighted by Crippen LogP contribution is -2.37. The SMILES string of the molecule is CCCCN(CCCC)C(=O)c1nn(-c2ccc(C(=O)NS(=O)(=O)c3ccc4ccccc4c3)cc2C(=O)N2CCc3ccc(Br)cc3C2)c(C)c1Cl. The second kappa shape index (κ2) is 16.2. The topological polar surface area (TPSA) is 122 Å². The summed E-state index contributed by atoms with van der Waals surface area (Å²) in [5, 5.41) is 6.41. The van der Waals surface area contributed by atoms with E-state index in [1.54, 1.807) is 34.9 Å². The maximum atomic E-state index is 14.5. The molecule has 0 radical (unpaired) electrons. The van der Waals surface area contributed by atoms with Crippen LogP contribution in [0.1, 0.15) is 87.6 Å². The zero-order valence-electron chi connectivity index (χ0n) is 29.9. The number of sulfonamides is 1. The van der Waals surface area contributed by atoms with Gasteiger partial charge < -0.3 is 9.80 Å². The van der Waals surface area contributed by atoms with E-state index in [9.17, 15) is 22.8 Å². The van der Waals surface area contributed by atoms with E-state index in [0.29, 0.717) is 49.4 Å². The number of nitrogens with one attached hydrogen (secondary N) is 1. The summed E-state index contributed by atoms with van der Waals surface area (Å²) in [7, 11) is -4.27. The van der Waals surface area contributed by atoms with E-state index < -0.39 is 15.9 Å². The van der Waals surface area contributed by atoms with Crippen molar-refractivity contribution < 1.29 is 22.8 Å². The minimum Gasteiger partial charge on any atom is -0.337 e. The van der Waals surface area contributed by atoms with Gasteiger partial charge in [-0.3, -0.25) is 14.4 Å². The third-order valence-corrected chi connectivity index (χ3v) is 11.8. The molecular weight excluding hydrogens is 778 g/mol. The lowest BCUT2D eigenvalue weighted by molar-refractivity contribution is 0.0732. The van der Waals surface area contributed by atoms with Gasteiger partial charge in [0.2, 0.25) is 0 Å². The number of nitrogens with zero attached hydrogens (tertiary/aromatic N) is 4. The van der Waals surface area contributed by atoms with Crippen LogP contribution in [0.2, 0.25) is 5.02 Å². The number of fused-ring (bicyclic) bond motifs is 2. The van der Waals surface area contributed by atoms with Gasteiger partial charge in [0.05, 0.1) is 26.9 Å². The fraction of sp³-hybridized carbons (Fsp3) is 0.300. The molecule has 13 heteroatoms. The Balaban J connectivity index is 1.38. The molecule has 0 aliphatic carbocycles. The Bertz CT molecular complexity index is 2320. The fourth-order valence-electron chi connectivity index (χ4n) is 6.49. The molecule has 2 heterocycles. The van der Waals surface area contributed by atoms with Crippen LogP contribution in [0.25, 0.3) is 16.5 Å². The van der Waals surface area contributed by atoms with Gasteiger partial charge in [0.1, 0.15) is 0 Å². The van der Waals surface area contributed by atoms with Crippen LogP contribution < -0.4 is 4.72 Å². The Morgan fingerprint density at radius 3 is 2.34 bits per heavy atom. The molecule has 0 bridgehead atoms. The molecule has 1 aromatic heterocycles. The van der Waals surface area contributed by atoms with Crippen LogP contribution in [0.15, 0.2) is 88.2 Å². The first kappa shape index (κ1) is 38.2. The van der Waals surface area contributed by atoms with Crippen LogP contribution in [-0.2, 0) is 23.0 Å². The fourth-order valence-corrected chi connectivity index (χ4v) is 8.11. The second-order valence-corrected chi connectivity index (χ2v) is 16.2. The number of rotatable bonds is 12. The number of hydrogen-bond acceptors (Lipinski definition) is 6. The molecule has 0 saturated heterocycles. The summed E-state index contributed by atoms with van der Waals surface area (Å²) in [5.74, 6) is -1.58. The van der Waals surface area contributed by atoms with E-state index in [-0.39, 0.29) is 38.6 Å². The molecular formula is C40H41BrClN5O5S. The van der Waals surface area contributed by atoms with E-state index in [0.717, 1.165) is 46.7 Å². The summed E-state index contributed by atoms with van der Waals surface area (Å²) in [6, 6.07) is 22.3. The van der Waals surface area contributed by atoms with Gasteiger partial charge in [-0.2, -0.15) is 5.10 Å². The first-order valence-corrected chi connectivity index (χ1v) is 20.4. The highest BCUT2D eigenvalue weighted by Crippen LogP contribution is 2.30. The van der Waals surface area contributed by atoms with E-state index in [1.807, 2.05) is 30.3 Å².